The van der Waals surface area contributed by atoms with E-state index in [4.69, 9.17) is 14.6 Å². The molecule has 1 heterocycles. The molecule has 16 heavy (non-hydrogen) atoms. The predicted octanol–water partition coefficient (Wildman–Crippen LogP) is 0.153. The van der Waals surface area contributed by atoms with Gasteiger partial charge in [0.2, 0.25) is 0 Å². The lowest BCUT2D eigenvalue weighted by molar-refractivity contribution is -0.146. The zero-order valence-corrected chi connectivity index (χ0v) is 8.77. The van der Waals surface area contributed by atoms with E-state index in [1.807, 2.05) is 0 Å². The molecule has 1 aromatic rings. The number of hydrogen-bond acceptors (Lipinski definition) is 4. The van der Waals surface area contributed by atoms with Gasteiger partial charge in [0, 0.05) is 13.0 Å². The van der Waals surface area contributed by atoms with Crippen LogP contribution in [0.1, 0.15) is 22.7 Å². The Hall–Kier alpha value is -1.82. The van der Waals surface area contributed by atoms with Crippen molar-refractivity contribution >= 4 is 11.9 Å². The van der Waals surface area contributed by atoms with E-state index < -0.39 is 18.0 Å². The van der Waals surface area contributed by atoms with E-state index in [9.17, 15) is 9.59 Å². The number of furan rings is 1. The van der Waals surface area contributed by atoms with Crippen molar-refractivity contribution in [2.24, 2.45) is 0 Å². The van der Waals surface area contributed by atoms with Crippen LogP contribution in [0.5, 0.6) is 0 Å². The molecular weight excluding hydrogens is 214 g/mol. The van der Waals surface area contributed by atoms with Crippen molar-refractivity contribution in [2.75, 3.05) is 6.54 Å². The summed E-state index contributed by atoms with van der Waals surface area (Å²) in [5.74, 6) is -0.938. The van der Waals surface area contributed by atoms with Crippen molar-refractivity contribution in [3.8, 4) is 0 Å². The molecule has 0 bridgehead atoms. The Balaban J connectivity index is 2.34. The highest BCUT2D eigenvalue weighted by atomic mass is 16.4. The molecule has 1 rings (SSSR count). The SMILES string of the molecule is Cc1ccc(C(=O)NCCC(O)C(=O)O)o1. The number of carboxylic acid groups (broad SMARTS) is 1. The molecule has 0 aromatic carbocycles. The third kappa shape index (κ3) is 3.39. The van der Waals surface area contributed by atoms with E-state index in [0.29, 0.717) is 5.76 Å². The highest BCUT2D eigenvalue weighted by Crippen LogP contribution is 2.05. The van der Waals surface area contributed by atoms with Gasteiger partial charge in [-0.2, -0.15) is 0 Å². The van der Waals surface area contributed by atoms with Gasteiger partial charge in [0.1, 0.15) is 5.76 Å². The number of carbonyl (C=O) groups is 2. The fourth-order valence-corrected chi connectivity index (χ4v) is 1.09. The van der Waals surface area contributed by atoms with Gasteiger partial charge in [-0.05, 0) is 19.1 Å². The van der Waals surface area contributed by atoms with E-state index in [0.717, 1.165) is 0 Å². The third-order valence-corrected chi connectivity index (χ3v) is 1.95. The summed E-state index contributed by atoms with van der Waals surface area (Å²) >= 11 is 0. The lowest BCUT2D eigenvalue weighted by atomic mass is 10.2. The molecule has 3 N–H and O–H groups in total. The summed E-state index contributed by atoms with van der Waals surface area (Å²) in [6.07, 6.45) is -1.50. The fourth-order valence-electron chi connectivity index (χ4n) is 1.09. The van der Waals surface area contributed by atoms with Gasteiger partial charge in [-0.3, -0.25) is 4.79 Å². The summed E-state index contributed by atoms with van der Waals surface area (Å²) in [4.78, 5) is 21.6. The average Bonchev–Trinajstić information content (AvgIpc) is 2.64. The zero-order chi connectivity index (χ0) is 12.1. The van der Waals surface area contributed by atoms with Crippen molar-refractivity contribution in [3.05, 3.63) is 23.7 Å². The fraction of sp³-hybridized carbons (Fsp3) is 0.400. The number of amides is 1. The van der Waals surface area contributed by atoms with Gasteiger partial charge in [-0.15, -0.1) is 0 Å². The first-order chi connectivity index (χ1) is 7.50. The van der Waals surface area contributed by atoms with Crippen LogP contribution in [0, 0.1) is 6.92 Å². The predicted molar refractivity (Wildman–Crippen MR) is 54.0 cm³/mol. The minimum atomic E-state index is -1.46. The Morgan fingerprint density at radius 1 is 1.50 bits per heavy atom. The highest BCUT2D eigenvalue weighted by molar-refractivity contribution is 5.91. The molecule has 6 nitrogen and oxygen atoms in total. The second-order valence-corrected chi connectivity index (χ2v) is 3.31. The zero-order valence-electron chi connectivity index (χ0n) is 8.77. The number of nitrogens with one attached hydrogen (secondary N) is 1. The first-order valence-corrected chi connectivity index (χ1v) is 4.76. The van der Waals surface area contributed by atoms with Crippen LogP contribution in [0.4, 0.5) is 0 Å². The Morgan fingerprint density at radius 2 is 2.19 bits per heavy atom. The topological polar surface area (TPSA) is 99.8 Å². The first kappa shape index (κ1) is 12.3. The first-order valence-electron chi connectivity index (χ1n) is 4.76. The standard InChI is InChI=1S/C10H13NO5/c1-6-2-3-8(16-6)9(13)11-5-4-7(12)10(14)15/h2-3,7,12H,4-5H2,1H3,(H,11,13)(H,14,15). The summed E-state index contributed by atoms with van der Waals surface area (Å²) in [5.41, 5.74) is 0. The van der Waals surface area contributed by atoms with Crippen molar-refractivity contribution in [1.82, 2.24) is 5.32 Å². The normalized spacial score (nSPS) is 12.1. The molecule has 0 spiro atoms. The number of rotatable bonds is 5. The molecule has 0 saturated heterocycles. The minimum Gasteiger partial charge on any atom is -0.479 e. The van der Waals surface area contributed by atoms with E-state index in [1.165, 1.54) is 6.07 Å². The van der Waals surface area contributed by atoms with E-state index in [2.05, 4.69) is 5.32 Å². The van der Waals surface area contributed by atoms with Crippen molar-refractivity contribution in [2.45, 2.75) is 19.4 Å². The largest absolute Gasteiger partial charge is 0.479 e. The van der Waals surface area contributed by atoms with Crippen LogP contribution in [0.2, 0.25) is 0 Å². The number of aryl methyl sites for hydroxylation is 1. The molecule has 0 saturated carbocycles. The Morgan fingerprint density at radius 3 is 2.69 bits per heavy atom. The van der Waals surface area contributed by atoms with Gasteiger partial charge in [-0.25, -0.2) is 4.79 Å². The van der Waals surface area contributed by atoms with E-state index >= 15 is 0 Å². The van der Waals surface area contributed by atoms with Gasteiger partial charge in [0.15, 0.2) is 11.9 Å². The van der Waals surface area contributed by atoms with Gasteiger partial charge in [-0.1, -0.05) is 0 Å². The van der Waals surface area contributed by atoms with Gasteiger partial charge < -0.3 is 19.9 Å². The maximum absolute atomic E-state index is 11.4. The maximum Gasteiger partial charge on any atom is 0.332 e. The molecule has 1 amide bonds. The Bertz CT molecular complexity index is 384. The molecule has 0 aliphatic carbocycles. The molecule has 0 fully saturated rings. The smallest absolute Gasteiger partial charge is 0.332 e. The minimum absolute atomic E-state index is 0.0409. The molecule has 6 heteroatoms. The summed E-state index contributed by atoms with van der Waals surface area (Å²) in [6, 6.07) is 3.18. The van der Waals surface area contributed by atoms with Crippen LogP contribution in [-0.2, 0) is 4.79 Å². The highest BCUT2D eigenvalue weighted by Gasteiger charge is 2.14. The van der Waals surface area contributed by atoms with Crippen LogP contribution >= 0.6 is 0 Å². The second kappa shape index (κ2) is 5.32. The number of carboxylic acids is 1. The number of aliphatic carboxylic acids is 1. The van der Waals surface area contributed by atoms with Gasteiger partial charge >= 0.3 is 5.97 Å². The molecule has 1 aromatic heterocycles. The van der Waals surface area contributed by atoms with Crippen molar-refractivity contribution < 1.29 is 24.2 Å². The van der Waals surface area contributed by atoms with Gasteiger partial charge in [0.05, 0.1) is 0 Å². The molecular formula is C10H13NO5. The van der Waals surface area contributed by atoms with Crippen LogP contribution in [0.3, 0.4) is 0 Å². The maximum atomic E-state index is 11.4. The molecule has 0 aliphatic heterocycles. The van der Waals surface area contributed by atoms with Gasteiger partial charge in [0.25, 0.3) is 5.91 Å². The monoisotopic (exact) mass is 227 g/mol. The molecule has 1 unspecified atom stereocenters. The van der Waals surface area contributed by atoms with Crippen molar-refractivity contribution in [3.63, 3.8) is 0 Å². The van der Waals surface area contributed by atoms with Crippen LogP contribution in [-0.4, -0.2) is 34.7 Å². The summed E-state index contributed by atoms with van der Waals surface area (Å²) in [7, 11) is 0. The lowest BCUT2D eigenvalue weighted by Gasteiger charge is -2.05. The van der Waals surface area contributed by atoms with E-state index in [-0.39, 0.29) is 18.7 Å². The Labute approximate surface area is 91.9 Å². The molecule has 1 atom stereocenters. The number of hydrogen-bond donors (Lipinski definition) is 3. The molecule has 0 aliphatic rings. The van der Waals surface area contributed by atoms with Crippen LogP contribution in [0.15, 0.2) is 16.5 Å². The lowest BCUT2D eigenvalue weighted by Crippen LogP contribution is -2.29. The third-order valence-electron chi connectivity index (χ3n) is 1.95. The molecule has 88 valence electrons. The van der Waals surface area contributed by atoms with E-state index in [1.54, 1.807) is 13.0 Å². The quantitative estimate of drug-likeness (QED) is 0.665. The second-order valence-electron chi connectivity index (χ2n) is 3.31. The number of carbonyl (C=O) groups excluding carboxylic acids is 1. The summed E-state index contributed by atoms with van der Waals surface area (Å²) in [5, 5.41) is 19.8. The van der Waals surface area contributed by atoms with Crippen LogP contribution < -0.4 is 5.32 Å². The van der Waals surface area contributed by atoms with Crippen LogP contribution in [0.25, 0.3) is 0 Å². The number of aliphatic hydroxyl groups is 1. The summed E-state index contributed by atoms with van der Waals surface area (Å²) in [6.45, 7) is 1.79. The number of aliphatic hydroxyl groups excluding tert-OH is 1. The van der Waals surface area contributed by atoms with Crippen molar-refractivity contribution in [1.29, 1.82) is 0 Å². The Kier molecular flexibility index (Phi) is 4.07. The average molecular weight is 227 g/mol. The molecule has 0 radical (unpaired) electrons. The summed E-state index contributed by atoms with van der Waals surface area (Å²) < 4.78 is 5.06.